The molecule has 43 heavy (non-hydrogen) atoms. The van der Waals surface area contributed by atoms with Gasteiger partial charge < -0.3 is 34.7 Å². The number of anilines is 2. The molecule has 2 aromatic carbocycles. The third kappa shape index (κ3) is 7.52. The molecule has 228 valence electrons. The molecule has 14 heteroatoms. The first kappa shape index (κ1) is 31.1. The van der Waals surface area contributed by atoms with Crippen LogP contribution in [-0.4, -0.2) is 95.4 Å². The molecule has 1 saturated heterocycles. The molecule has 1 fully saturated rings. The number of aromatic amines is 1. The molecular formula is C29H31F3N6O5. The maximum Gasteiger partial charge on any atom is 0.490 e. The van der Waals surface area contributed by atoms with Gasteiger partial charge in [-0.15, -0.1) is 0 Å². The van der Waals surface area contributed by atoms with E-state index in [0.29, 0.717) is 28.5 Å². The van der Waals surface area contributed by atoms with Crippen LogP contribution in [0.5, 0.6) is 11.5 Å². The minimum atomic E-state index is -5.08. The zero-order valence-electron chi connectivity index (χ0n) is 23.9. The second-order valence-corrected chi connectivity index (χ2v) is 9.89. The van der Waals surface area contributed by atoms with Crippen molar-refractivity contribution in [2.75, 3.05) is 46.7 Å². The maximum atomic E-state index is 13.1. The van der Waals surface area contributed by atoms with Gasteiger partial charge in [0, 0.05) is 36.1 Å². The zero-order valence-corrected chi connectivity index (χ0v) is 23.9. The lowest BCUT2D eigenvalue weighted by Crippen LogP contribution is -2.38. The lowest BCUT2D eigenvalue weighted by Gasteiger charge is -2.25. The van der Waals surface area contributed by atoms with E-state index in [1.165, 1.54) is 0 Å². The van der Waals surface area contributed by atoms with Crippen molar-refractivity contribution in [2.24, 2.45) is 0 Å². The molecule has 0 saturated carbocycles. The van der Waals surface area contributed by atoms with Crippen molar-refractivity contribution < 1.29 is 37.3 Å². The number of hydrogen-bond donors (Lipinski definition) is 3. The van der Waals surface area contributed by atoms with Crippen LogP contribution in [0.15, 0.2) is 54.9 Å². The monoisotopic (exact) mass is 600 g/mol. The number of methoxy groups -OCH3 is 2. The second kappa shape index (κ2) is 13.0. The van der Waals surface area contributed by atoms with Gasteiger partial charge in [-0.2, -0.15) is 13.2 Å². The van der Waals surface area contributed by atoms with Crippen LogP contribution < -0.4 is 14.8 Å². The molecule has 1 atom stereocenters. The predicted octanol–water partition coefficient (Wildman–Crippen LogP) is 4.80. The van der Waals surface area contributed by atoms with Crippen LogP contribution in [0.1, 0.15) is 16.8 Å². The maximum absolute atomic E-state index is 13.1. The quantitative estimate of drug-likeness (QED) is 0.274. The number of carbonyl (C=O) groups is 2. The highest BCUT2D eigenvalue weighted by Gasteiger charge is 2.38. The third-order valence-corrected chi connectivity index (χ3v) is 6.93. The van der Waals surface area contributed by atoms with Crippen molar-refractivity contribution in [3.63, 3.8) is 0 Å². The normalized spacial score (nSPS) is 15.0. The molecule has 4 aromatic rings. The van der Waals surface area contributed by atoms with Gasteiger partial charge in [0.1, 0.15) is 23.0 Å². The molecule has 2 aromatic heterocycles. The van der Waals surface area contributed by atoms with Gasteiger partial charge in [-0.25, -0.2) is 9.78 Å². The van der Waals surface area contributed by atoms with E-state index in [1.807, 2.05) is 48.3 Å². The number of carbonyl (C=O) groups excluding carboxylic acids is 1. The summed E-state index contributed by atoms with van der Waals surface area (Å²) in [6.45, 7) is 1.89. The molecule has 1 aliphatic heterocycles. The van der Waals surface area contributed by atoms with Crippen molar-refractivity contribution in [2.45, 2.75) is 18.6 Å². The Kier molecular flexibility index (Phi) is 9.39. The fraction of sp³-hybridized carbons (Fsp3) is 0.310. The summed E-state index contributed by atoms with van der Waals surface area (Å²) in [6, 6.07) is 13.5. The highest BCUT2D eigenvalue weighted by atomic mass is 19.4. The van der Waals surface area contributed by atoms with Gasteiger partial charge in [0.05, 0.1) is 38.0 Å². The van der Waals surface area contributed by atoms with Crippen LogP contribution >= 0.6 is 0 Å². The summed E-state index contributed by atoms with van der Waals surface area (Å²) >= 11 is 0. The Morgan fingerprint density at radius 1 is 1.12 bits per heavy atom. The van der Waals surface area contributed by atoms with Gasteiger partial charge in [-0.3, -0.25) is 9.78 Å². The first-order valence-corrected chi connectivity index (χ1v) is 13.1. The van der Waals surface area contributed by atoms with E-state index in [4.69, 9.17) is 24.4 Å². The van der Waals surface area contributed by atoms with E-state index in [1.54, 1.807) is 32.7 Å². The Hall–Kier alpha value is -4.85. The minimum Gasteiger partial charge on any atom is -0.497 e. The number of carboxylic acid groups (broad SMARTS) is 1. The van der Waals surface area contributed by atoms with Crippen molar-refractivity contribution in [1.29, 1.82) is 0 Å². The van der Waals surface area contributed by atoms with E-state index < -0.39 is 12.1 Å². The van der Waals surface area contributed by atoms with E-state index in [0.717, 1.165) is 41.9 Å². The highest BCUT2D eigenvalue weighted by Crippen LogP contribution is 2.31. The smallest absolute Gasteiger partial charge is 0.490 e. The average Bonchev–Trinajstić information content (AvgIpc) is 3.62. The number of nitrogens with one attached hydrogen (secondary N) is 2. The molecule has 5 rings (SSSR count). The van der Waals surface area contributed by atoms with Crippen molar-refractivity contribution >= 4 is 34.3 Å². The molecule has 1 amide bonds. The summed E-state index contributed by atoms with van der Waals surface area (Å²) in [5.41, 5.74) is 3.82. The number of rotatable bonds is 7. The van der Waals surface area contributed by atoms with E-state index in [2.05, 4.69) is 27.2 Å². The Bertz CT molecular complexity index is 1610. The number of H-pyrrole nitrogens is 1. The number of fused-ring (bicyclic) bond motifs is 1. The molecule has 11 nitrogen and oxygen atoms in total. The highest BCUT2D eigenvalue weighted by molar-refractivity contribution is 5.95. The van der Waals surface area contributed by atoms with Crippen LogP contribution in [0.3, 0.4) is 0 Å². The number of alkyl halides is 3. The molecule has 3 heterocycles. The summed E-state index contributed by atoms with van der Waals surface area (Å²) in [5, 5.41) is 11.4. The molecule has 1 aliphatic rings. The molecule has 0 radical (unpaired) electrons. The van der Waals surface area contributed by atoms with Gasteiger partial charge in [0.15, 0.2) is 0 Å². The van der Waals surface area contributed by atoms with Crippen LogP contribution in [0, 0.1) is 0 Å². The molecular weight excluding hydrogens is 569 g/mol. The molecule has 1 unspecified atom stereocenters. The largest absolute Gasteiger partial charge is 0.497 e. The first-order valence-electron chi connectivity index (χ1n) is 13.1. The zero-order chi connectivity index (χ0) is 31.3. The Balaban J connectivity index is 0.000000541. The first-order chi connectivity index (χ1) is 20.4. The number of nitrogens with zero attached hydrogens (tertiary/aromatic N) is 4. The fourth-order valence-electron chi connectivity index (χ4n) is 4.59. The Labute approximate surface area is 245 Å². The van der Waals surface area contributed by atoms with Gasteiger partial charge in [-0.1, -0.05) is 0 Å². The summed E-state index contributed by atoms with van der Waals surface area (Å²) in [5.74, 6) is -0.856. The third-order valence-electron chi connectivity index (χ3n) is 6.93. The number of ether oxygens (including phenoxy) is 2. The lowest BCUT2D eigenvalue weighted by atomic mass is 10.1. The Morgan fingerprint density at radius 3 is 2.49 bits per heavy atom. The van der Waals surface area contributed by atoms with E-state index in [-0.39, 0.29) is 11.9 Å². The molecule has 0 spiro atoms. The number of likely N-dealkylation sites (tertiary alicyclic amines) is 1. The van der Waals surface area contributed by atoms with Crippen molar-refractivity contribution in [3.8, 4) is 22.9 Å². The van der Waals surface area contributed by atoms with Crippen molar-refractivity contribution in [1.82, 2.24) is 24.8 Å². The van der Waals surface area contributed by atoms with E-state index in [9.17, 15) is 18.0 Å². The number of aromatic nitrogens is 3. The minimum absolute atomic E-state index is 0.0163. The van der Waals surface area contributed by atoms with Crippen LogP contribution in [0.4, 0.5) is 24.7 Å². The number of hydrogen-bond acceptors (Lipinski definition) is 8. The van der Waals surface area contributed by atoms with Gasteiger partial charge in [-0.05, 0) is 62.5 Å². The molecule has 0 bridgehead atoms. The van der Waals surface area contributed by atoms with Gasteiger partial charge in [0.2, 0.25) is 0 Å². The standard InChI is InChI=1S/C27H30N6O3.C2HF3O2/c1-32-10-9-19(16-32)33(2)27(34)17-5-7-22(25(13-17)36-4)30-26-15-28-14-24(31-26)23-12-18-11-20(35-3)6-8-21(18)29-23;3-2(4,5)1(6)7/h5-8,11-15,19,29H,9-10,16H2,1-4H3,(H,30,31);(H,6,7). The van der Waals surface area contributed by atoms with Crippen LogP contribution in [0.2, 0.25) is 0 Å². The number of likely N-dealkylation sites (N-methyl/N-ethyl adjacent to an activating group) is 2. The van der Waals surface area contributed by atoms with Crippen LogP contribution in [0.25, 0.3) is 22.3 Å². The molecule has 0 aliphatic carbocycles. The number of amides is 1. The number of aliphatic carboxylic acids is 1. The van der Waals surface area contributed by atoms with Gasteiger partial charge in [0.25, 0.3) is 5.91 Å². The lowest BCUT2D eigenvalue weighted by molar-refractivity contribution is -0.192. The Morgan fingerprint density at radius 2 is 1.86 bits per heavy atom. The summed E-state index contributed by atoms with van der Waals surface area (Å²) in [4.78, 5) is 38.5. The fourth-order valence-corrected chi connectivity index (χ4v) is 4.59. The predicted molar refractivity (Wildman–Crippen MR) is 154 cm³/mol. The number of benzene rings is 2. The average molecular weight is 601 g/mol. The van der Waals surface area contributed by atoms with E-state index >= 15 is 0 Å². The SMILES string of the molecule is COc1ccc2[nH]c(-c3cncc(Nc4ccc(C(=O)N(C)C5CCN(C)C5)cc4OC)n3)cc2c1.O=C(O)C(F)(F)F. The summed E-state index contributed by atoms with van der Waals surface area (Å²) in [7, 11) is 7.19. The van der Waals surface area contributed by atoms with Crippen molar-refractivity contribution in [3.05, 3.63) is 60.4 Å². The summed E-state index contributed by atoms with van der Waals surface area (Å²) in [6.07, 6.45) is -0.741. The van der Waals surface area contributed by atoms with Crippen LogP contribution in [-0.2, 0) is 4.79 Å². The summed E-state index contributed by atoms with van der Waals surface area (Å²) < 4.78 is 42.7. The topological polar surface area (TPSA) is 133 Å². The number of halogens is 3. The molecule has 3 N–H and O–H groups in total. The number of carboxylic acids is 1. The second-order valence-electron chi connectivity index (χ2n) is 9.89. The van der Waals surface area contributed by atoms with Gasteiger partial charge >= 0.3 is 12.1 Å².